The molecule has 0 amide bonds. The van der Waals surface area contributed by atoms with E-state index in [4.69, 9.17) is 5.73 Å². The van der Waals surface area contributed by atoms with Crippen molar-refractivity contribution in [1.29, 1.82) is 0 Å². The Bertz CT molecular complexity index is 298. The normalized spacial score (nSPS) is 13.1. The molecule has 2 N–H and O–H groups in total. The first-order chi connectivity index (χ1) is 7.22. The Morgan fingerprint density at radius 3 is 2.67 bits per heavy atom. The maximum atomic E-state index is 5.60. The van der Waals surface area contributed by atoms with Gasteiger partial charge in [0.1, 0.15) is 5.82 Å². The Morgan fingerprint density at radius 2 is 2.13 bits per heavy atom. The van der Waals surface area contributed by atoms with Crippen LogP contribution in [0, 0.1) is 0 Å². The van der Waals surface area contributed by atoms with Gasteiger partial charge >= 0.3 is 0 Å². The van der Waals surface area contributed by atoms with Gasteiger partial charge in [0, 0.05) is 11.8 Å². The second kappa shape index (κ2) is 6.12. The molecule has 15 heavy (non-hydrogen) atoms. The monoisotopic (exact) mass is 228 g/mol. The molecule has 0 fully saturated rings. The summed E-state index contributed by atoms with van der Waals surface area (Å²) in [4.78, 5) is 0. The van der Waals surface area contributed by atoms with E-state index in [9.17, 15) is 0 Å². The van der Waals surface area contributed by atoms with Crippen molar-refractivity contribution in [3.05, 3.63) is 5.82 Å². The van der Waals surface area contributed by atoms with Crippen molar-refractivity contribution >= 4 is 11.8 Å². The molecule has 0 radical (unpaired) electrons. The first kappa shape index (κ1) is 12.5. The molecule has 1 atom stereocenters. The van der Waals surface area contributed by atoms with Crippen LogP contribution in [0.25, 0.3) is 0 Å². The van der Waals surface area contributed by atoms with Gasteiger partial charge in [0.15, 0.2) is 5.16 Å². The minimum Gasteiger partial charge on any atom is -0.324 e. The predicted molar refractivity (Wildman–Crippen MR) is 63.8 cm³/mol. The van der Waals surface area contributed by atoms with Crippen LogP contribution in [0.15, 0.2) is 5.16 Å². The van der Waals surface area contributed by atoms with Crippen molar-refractivity contribution in [3.8, 4) is 0 Å². The summed E-state index contributed by atoms with van der Waals surface area (Å²) in [6, 6.07) is 0. The molecule has 1 aromatic rings. The lowest BCUT2D eigenvalue weighted by atomic mass is 10.3. The fourth-order valence-electron chi connectivity index (χ4n) is 1.52. The van der Waals surface area contributed by atoms with E-state index < -0.39 is 0 Å². The highest BCUT2D eigenvalue weighted by Crippen LogP contribution is 2.24. The number of rotatable bonds is 6. The van der Waals surface area contributed by atoms with Gasteiger partial charge in [-0.2, -0.15) is 0 Å². The fourth-order valence-corrected chi connectivity index (χ4v) is 2.68. The van der Waals surface area contributed by atoms with Crippen LogP contribution in [0.1, 0.15) is 39.4 Å². The molecular weight excluding hydrogens is 208 g/mol. The summed E-state index contributed by atoms with van der Waals surface area (Å²) < 4.78 is 2.09. The lowest BCUT2D eigenvalue weighted by Gasteiger charge is -2.10. The second-order valence-electron chi connectivity index (χ2n) is 3.56. The van der Waals surface area contributed by atoms with Crippen LogP contribution in [0.4, 0.5) is 0 Å². The lowest BCUT2D eigenvalue weighted by molar-refractivity contribution is 0.640. The molecule has 1 heterocycles. The SMILES string of the molecule is CCCC(C)Sc1nnc(CN)n1CC. The first-order valence-electron chi connectivity index (χ1n) is 5.51. The molecule has 1 rings (SSSR count). The number of nitrogens with two attached hydrogens (primary N) is 1. The smallest absolute Gasteiger partial charge is 0.191 e. The molecule has 0 saturated carbocycles. The number of aromatic nitrogens is 3. The van der Waals surface area contributed by atoms with Gasteiger partial charge in [-0.05, 0) is 13.3 Å². The summed E-state index contributed by atoms with van der Waals surface area (Å²) in [6.07, 6.45) is 2.41. The van der Waals surface area contributed by atoms with Gasteiger partial charge in [0.25, 0.3) is 0 Å². The van der Waals surface area contributed by atoms with Gasteiger partial charge in [0.2, 0.25) is 0 Å². The predicted octanol–water partition coefficient (Wildman–Crippen LogP) is 2.04. The highest BCUT2D eigenvalue weighted by atomic mass is 32.2. The molecule has 5 heteroatoms. The van der Waals surface area contributed by atoms with Crippen LogP contribution in [-0.4, -0.2) is 20.0 Å². The van der Waals surface area contributed by atoms with E-state index in [1.54, 1.807) is 11.8 Å². The second-order valence-corrected chi connectivity index (χ2v) is 4.97. The first-order valence-corrected chi connectivity index (χ1v) is 6.39. The minimum absolute atomic E-state index is 0.462. The van der Waals surface area contributed by atoms with E-state index in [0.717, 1.165) is 17.5 Å². The van der Waals surface area contributed by atoms with Crippen molar-refractivity contribution in [1.82, 2.24) is 14.8 Å². The van der Waals surface area contributed by atoms with Crippen molar-refractivity contribution in [3.63, 3.8) is 0 Å². The summed E-state index contributed by atoms with van der Waals surface area (Å²) in [6.45, 7) is 7.87. The fraction of sp³-hybridized carbons (Fsp3) is 0.800. The Labute approximate surface area is 95.6 Å². The van der Waals surface area contributed by atoms with Gasteiger partial charge in [-0.3, -0.25) is 0 Å². The van der Waals surface area contributed by atoms with Gasteiger partial charge < -0.3 is 10.3 Å². The van der Waals surface area contributed by atoms with Gasteiger partial charge in [-0.15, -0.1) is 10.2 Å². The molecule has 0 aromatic carbocycles. The molecule has 0 spiro atoms. The Balaban J connectivity index is 2.71. The highest BCUT2D eigenvalue weighted by molar-refractivity contribution is 7.99. The largest absolute Gasteiger partial charge is 0.324 e. The Kier molecular flexibility index (Phi) is 5.11. The summed E-state index contributed by atoms with van der Waals surface area (Å²) >= 11 is 1.79. The zero-order chi connectivity index (χ0) is 11.3. The van der Waals surface area contributed by atoms with E-state index in [1.807, 2.05) is 0 Å². The maximum absolute atomic E-state index is 5.60. The quantitative estimate of drug-likeness (QED) is 0.757. The molecule has 1 unspecified atom stereocenters. The lowest BCUT2D eigenvalue weighted by Crippen LogP contribution is -2.09. The van der Waals surface area contributed by atoms with E-state index in [1.165, 1.54) is 12.8 Å². The number of thioether (sulfide) groups is 1. The van der Waals surface area contributed by atoms with Crippen molar-refractivity contribution in [2.75, 3.05) is 0 Å². The highest BCUT2D eigenvalue weighted by Gasteiger charge is 2.12. The van der Waals surface area contributed by atoms with Crippen molar-refractivity contribution < 1.29 is 0 Å². The molecular formula is C10H20N4S. The zero-order valence-electron chi connectivity index (χ0n) is 9.73. The van der Waals surface area contributed by atoms with Gasteiger partial charge in [-0.25, -0.2) is 0 Å². The van der Waals surface area contributed by atoms with Crippen LogP contribution in [0.2, 0.25) is 0 Å². The standard InChI is InChI=1S/C10H20N4S/c1-4-6-8(3)15-10-13-12-9(7-11)14(10)5-2/h8H,4-7,11H2,1-3H3. The topological polar surface area (TPSA) is 56.7 Å². The van der Waals surface area contributed by atoms with Crippen LogP contribution >= 0.6 is 11.8 Å². The third-order valence-corrected chi connectivity index (χ3v) is 3.44. The van der Waals surface area contributed by atoms with Gasteiger partial charge in [0.05, 0.1) is 6.54 Å². The number of hydrogen-bond donors (Lipinski definition) is 1. The van der Waals surface area contributed by atoms with Crippen molar-refractivity contribution in [2.45, 2.75) is 57.1 Å². The van der Waals surface area contributed by atoms with Crippen molar-refractivity contribution in [2.24, 2.45) is 5.73 Å². The van der Waals surface area contributed by atoms with Crippen LogP contribution in [0.5, 0.6) is 0 Å². The summed E-state index contributed by atoms with van der Waals surface area (Å²) in [5.74, 6) is 0.878. The molecule has 86 valence electrons. The molecule has 0 aliphatic rings. The summed E-state index contributed by atoms with van der Waals surface area (Å²) in [5, 5.41) is 9.85. The number of hydrogen-bond acceptors (Lipinski definition) is 4. The third kappa shape index (κ3) is 3.21. The molecule has 0 aliphatic heterocycles. The average Bonchev–Trinajstić information content (AvgIpc) is 2.60. The van der Waals surface area contributed by atoms with E-state index in [0.29, 0.717) is 11.8 Å². The third-order valence-electron chi connectivity index (χ3n) is 2.29. The molecule has 4 nitrogen and oxygen atoms in total. The molecule has 0 aliphatic carbocycles. The van der Waals surface area contributed by atoms with Crippen LogP contribution in [-0.2, 0) is 13.1 Å². The zero-order valence-corrected chi connectivity index (χ0v) is 10.5. The van der Waals surface area contributed by atoms with Crippen LogP contribution < -0.4 is 5.73 Å². The Morgan fingerprint density at radius 1 is 1.40 bits per heavy atom. The van der Waals surface area contributed by atoms with Crippen LogP contribution in [0.3, 0.4) is 0 Å². The minimum atomic E-state index is 0.462. The van der Waals surface area contributed by atoms with E-state index in [-0.39, 0.29) is 0 Å². The van der Waals surface area contributed by atoms with Gasteiger partial charge in [-0.1, -0.05) is 32.0 Å². The average molecular weight is 228 g/mol. The summed E-state index contributed by atoms with van der Waals surface area (Å²) in [5.41, 5.74) is 5.60. The maximum Gasteiger partial charge on any atom is 0.191 e. The van der Waals surface area contributed by atoms with E-state index >= 15 is 0 Å². The van der Waals surface area contributed by atoms with E-state index in [2.05, 4.69) is 35.5 Å². The molecule has 0 bridgehead atoms. The number of nitrogens with zero attached hydrogens (tertiary/aromatic N) is 3. The molecule has 1 aromatic heterocycles. The molecule has 0 saturated heterocycles. The summed E-state index contributed by atoms with van der Waals surface area (Å²) in [7, 11) is 0. The Hall–Kier alpha value is -0.550.